The number of carboxylic acids is 1. The first-order valence-corrected chi connectivity index (χ1v) is 8.25. The van der Waals surface area contributed by atoms with E-state index in [-0.39, 0.29) is 41.9 Å². The molecule has 25 heavy (non-hydrogen) atoms. The molecule has 0 amide bonds. The molecule has 1 heterocycles. The number of hydrogen-bond acceptors (Lipinski definition) is 7. The van der Waals surface area contributed by atoms with Crippen LogP contribution >= 0.6 is 11.3 Å². The molecule has 0 spiro atoms. The molecule has 0 unspecified atom stereocenters. The Hall–Kier alpha value is -0.930. The third-order valence-electron chi connectivity index (χ3n) is 4.01. The summed E-state index contributed by atoms with van der Waals surface area (Å²) in [6, 6.07) is 8.01. The van der Waals surface area contributed by atoms with Gasteiger partial charge in [0.2, 0.25) is 0 Å². The van der Waals surface area contributed by atoms with Crippen molar-refractivity contribution in [3.05, 3.63) is 46.5 Å². The van der Waals surface area contributed by atoms with Gasteiger partial charge in [-0.15, -0.1) is 11.3 Å². The second-order valence-corrected chi connectivity index (χ2v) is 7.19. The van der Waals surface area contributed by atoms with Crippen LogP contribution < -0.4 is 34.7 Å². The molecule has 128 valence electrons. The van der Waals surface area contributed by atoms with Crippen LogP contribution in [0.4, 0.5) is 0 Å². The van der Waals surface area contributed by atoms with Gasteiger partial charge in [0.05, 0.1) is 12.1 Å². The molecule has 1 aliphatic carbocycles. The second kappa shape index (κ2) is 7.75. The molecule has 1 aromatic carbocycles. The fourth-order valence-corrected chi connectivity index (χ4v) is 3.67. The number of aliphatic hydroxyl groups excluding tert-OH is 2. The SMILES string of the molecule is Cc1ccc2sc(COC3=C[C@@](O)(C(=O)[O-])C[C@@H](O)[C@@H]3O)cc2c1.[Na+]. The predicted octanol–water partition coefficient (Wildman–Crippen LogP) is -2.78. The molecule has 0 bridgehead atoms. The Morgan fingerprint density at radius 1 is 1.40 bits per heavy atom. The first kappa shape index (κ1) is 20.4. The zero-order valence-electron chi connectivity index (χ0n) is 13.9. The zero-order valence-corrected chi connectivity index (χ0v) is 16.7. The quantitative estimate of drug-likeness (QED) is 0.501. The predicted molar refractivity (Wildman–Crippen MR) is 86.0 cm³/mol. The van der Waals surface area contributed by atoms with Crippen LogP contribution in [0.3, 0.4) is 0 Å². The summed E-state index contributed by atoms with van der Waals surface area (Å²) in [5, 5.41) is 41.8. The van der Waals surface area contributed by atoms with Crippen molar-refractivity contribution in [3.63, 3.8) is 0 Å². The van der Waals surface area contributed by atoms with Crippen molar-refractivity contribution in [2.45, 2.75) is 37.8 Å². The third kappa shape index (κ3) is 4.25. The van der Waals surface area contributed by atoms with Crippen LogP contribution in [0.5, 0.6) is 0 Å². The van der Waals surface area contributed by atoms with Gasteiger partial charge in [-0.1, -0.05) is 17.7 Å². The van der Waals surface area contributed by atoms with Gasteiger partial charge < -0.3 is 30.0 Å². The molecule has 0 aliphatic heterocycles. The monoisotopic (exact) mass is 372 g/mol. The van der Waals surface area contributed by atoms with Crippen LogP contribution in [0.2, 0.25) is 0 Å². The van der Waals surface area contributed by atoms with E-state index in [1.807, 2.05) is 31.2 Å². The largest absolute Gasteiger partial charge is 1.00 e. The van der Waals surface area contributed by atoms with Crippen LogP contribution in [0.1, 0.15) is 16.9 Å². The average molecular weight is 372 g/mol. The summed E-state index contributed by atoms with van der Waals surface area (Å²) >= 11 is 1.52. The van der Waals surface area contributed by atoms with E-state index >= 15 is 0 Å². The van der Waals surface area contributed by atoms with Gasteiger partial charge >= 0.3 is 29.6 Å². The van der Waals surface area contributed by atoms with Gasteiger partial charge in [0.25, 0.3) is 0 Å². The average Bonchev–Trinajstić information content (AvgIpc) is 2.91. The van der Waals surface area contributed by atoms with E-state index in [1.165, 1.54) is 11.3 Å². The smallest absolute Gasteiger partial charge is 0.547 e. The minimum absolute atomic E-state index is 0. The first-order chi connectivity index (χ1) is 11.3. The van der Waals surface area contributed by atoms with Gasteiger partial charge in [0.15, 0.2) is 0 Å². The molecule has 8 heteroatoms. The maximum absolute atomic E-state index is 11.0. The summed E-state index contributed by atoms with van der Waals surface area (Å²) < 4.78 is 6.55. The van der Waals surface area contributed by atoms with Crippen LogP contribution in [0.25, 0.3) is 10.1 Å². The summed E-state index contributed by atoms with van der Waals surface area (Å²) in [5.41, 5.74) is -1.22. The van der Waals surface area contributed by atoms with E-state index in [0.717, 1.165) is 26.6 Å². The molecular weight excluding hydrogens is 355 g/mol. The van der Waals surface area contributed by atoms with E-state index in [2.05, 4.69) is 0 Å². The molecule has 3 rings (SSSR count). The van der Waals surface area contributed by atoms with Crippen LogP contribution in [-0.4, -0.2) is 39.1 Å². The molecule has 1 aromatic heterocycles. The van der Waals surface area contributed by atoms with Crippen molar-refractivity contribution in [2.24, 2.45) is 0 Å². The van der Waals surface area contributed by atoms with Crippen molar-refractivity contribution in [1.82, 2.24) is 0 Å². The standard InChI is InChI=1S/C17H18O6S.Na/c1-9-2-3-14-10(4-9)5-11(24-14)8-23-13-7-17(22,16(20)21)6-12(18)15(13)19;/h2-5,7,12,15,18-19,22H,6,8H2,1H3,(H,20,21);/q;+1/p-1/t12-,15+,17-;/m1./s1. The molecule has 1 aliphatic rings. The van der Waals surface area contributed by atoms with Crippen LogP contribution in [0.15, 0.2) is 36.1 Å². The number of fused-ring (bicyclic) bond motifs is 1. The summed E-state index contributed by atoms with van der Waals surface area (Å²) in [6.45, 7) is 2.09. The number of aliphatic hydroxyl groups is 3. The third-order valence-corrected chi connectivity index (χ3v) is 5.10. The van der Waals surface area contributed by atoms with E-state index in [4.69, 9.17) is 4.74 Å². The number of carbonyl (C=O) groups excluding carboxylic acids is 1. The summed E-state index contributed by atoms with van der Waals surface area (Å²) in [5.74, 6) is -1.92. The number of hydrogen-bond donors (Lipinski definition) is 3. The fourth-order valence-electron chi connectivity index (χ4n) is 2.71. The molecule has 6 nitrogen and oxygen atoms in total. The summed E-state index contributed by atoms with van der Waals surface area (Å²) in [7, 11) is 0. The number of carbonyl (C=O) groups is 1. The van der Waals surface area contributed by atoms with Crippen molar-refractivity contribution in [3.8, 4) is 0 Å². The topological polar surface area (TPSA) is 110 Å². The minimum Gasteiger partial charge on any atom is -0.547 e. The number of aliphatic carboxylic acids is 1. The van der Waals surface area contributed by atoms with Gasteiger partial charge in [0, 0.05) is 16.0 Å². The molecule has 2 aromatic rings. The maximum atomic E-state index is 11.0. The van der Waals surface area contributed by atoms with Gasteiger partial charge in [-0.25, -0.2) is 0 Å². The van der Waals surface area contributed by atoms with Gasteiger partial charge in [-0.2, -0.15) is 0 Å². The molecule has 3 atom stereocenters. The Kier molecular flexibility index (Phi) is 6.32. The molecule has 0 saturated heterocycles. The zero-order chi connectivity index (χ0) is 17.5. The van der Waals surface area contributed by atoms with Crippen molar-refractivity contribution < 1.29 is 59.5 Å². The van der Waals surface area contributed by atoms with E-state index < -0.39 is 30.2 Å². The maximum Gasteiger partial charge on any atom is 1.00 e. The summed E-state index contributed by atoms with van der Waals surface area (Å²) in [6.07, 6.45) is -2.48. The molecule has 0 saturated carbocycles. The Labute approximate surface area is 170 Å². The fraction of sp³-hybridized carbons (Fsp3) is 0.353. The Bertz CT molecular complexity index is 817. The van der Waals surface area contributed by atoms with Crippen molar-refractivity contribution in [2.75, 3.05) is 0 Å². The molecule has 0 fully saturated rings. The van der Waals surface area contributed by atoms with Gasteiger partial charge in [-0.3, -0.25) is 0 Å². The Balaban J connectivity index is 0.00000225. The molecule has 3 N–H and O–H groups in total. The van der Waals surface area contributed by atoms with Gasteiger partial charge in [-0.05, 0) is 30.5 Å². The van der Waals surface area contributed by atoms with E-state index in [1.54, 1.807) is 0 Å². The number of carboxylic acid groups (broad SMARTS) is 1. The van der Waals surface area contributed by atoms with E-state index in [0.29, 0.717) is 0 Å². The van der Waals surface area contributed by atoms with Crippen molar-refractivity contribution in [1.29, 1.82) is 0 Å². The number of ether oxygens (including phenoxy) is 1. The Morgan fingerprint density at radius 3 is 2.80 bits per heavy atom. The van der Waals surface area contributed by atoms with Crippen molar-refractivity contribution >= 4 is 27.4 Å². The Morgan fingerprint density at radius 2 is 2.12 bits per heavy atom. The number of rotatable bonds is 4. The van der Waals surface area contributed by atoms with Crippen LogP contribution in [-0.2, 0) is 16.1 Å². The molecule has 0 radical (unpaired) electrons. The normalized spacial score (nSPS) is 26.0. The first-order valence-electron chi connectivity index (χ1n) is 7.43. The second-order valence-electron chi connectivity index (χ2n) is 6.02. The van der Waals surface area contributed by atoms with Crippen LogP contribution in [0, 0.1) is 6.92 Å². The van der Waals surface area contributed by atoms with E-state index in [9.17, 15) is 25.2 Å². The number of aryl methyl sites for hydroxylation is 1. The molecular formula is C17H17NaO6S. The minimum atomic E-state index is -2.36. The number of thiophene rings is 1. The number of benzene rings is 1. The summed E-state index contributed by atoms with van der Waals surface area (Å²) in [4.78, 5) is 11.9. The van der Waals surface area contributed by atoms with Gasteiger partial charge in [0.1, 0.15) is 24.1 Å².